The van der Waals surface area contributed by atoms with Crippen LogP contribution >= 0.6 is 10.0 Å². The predicted octanol–water partition coefficient (Wildman–Crippen LogP) is 2.45. The van der Waals surface area contributed by atoms with E-state index in [1.807, 2.05) is 0 Å². The van der Waals surface area contributed by atoms with Gasteiger partial charge < -0.3 is 0 Å². The molecule has 0 saturated heterocycles. The molecule has 0 bridgehead atoms. The molecule has 0 aromatic heterocycles. The van der Waals surface area contributed by atoms with E-state index in [4.69, 9.17) is 10.0 Å². The van der Waals surface area contributed by atoms with Gasteiger partial charge in [-0.05, 0) is 0 Å². The fraction of sp³-hybridized carbons (Fsp3) is 1.00. The molecule has 0 fully saturated rings. The molecule has 0 spiro atoms. The van der Waals surface area contributed by atoms with Crippen LogP contribution in [0.25, 0.3) is 0 Å². The Morgan fingerprint density at radius 2 is 2.14 bits per heavy atom. The summed E-state index contributed by atoms with van der Waals surface area (Å²) in [7, 11) is 5.56. The third-order valence-electron chi connectivity index (χ3n) is 0.875. The normalized spacial score (nSPS) is 9.43. The third-order valence-corrected chi connectivity index (χ3v) is 3.00. The van der Waals surface area contributed by atoms with Crippen molar-refractivity contribution in [2.45, 2.75) is 31.4 Å². The van der Waals surface area contributed by atoms with Crippen LogP contribution in [-0.2, 0) is 0 Å². The summed E-state index contributed by atoms with van der Waals surface area (Å²) in [6.07, 6.45) is 4.05. The Labute approximate surface area is 56.3 Å². The number of halogens is 1. The van der Waals surface area contributed by atoms with Gasteiger partial charge in [0.1, 0.15) is 0 Å². The van der Waals surface area contributed by atoms with Gasteiger partial charge in [0.25, 0.3) is 0 Å². The van der Waals surface area contributed by atoms with Crippen molar-refractivity contribution in [3.8, 4) is 0 Å². The molecule has 0 heterocycles. The van der Waals surface area contributed by atoms with Crippen LogP contribution in [0.2, 0.25) is 5.25 Å². The van der Waals surface area contributed by atoms with Crippen molar-refractivity contribution >= 4 is 24.5 Å². The van der Waals surface area contributed by atoms with Crippen molar-refractivity contribution in [1.29, 1.82) is 0 Å². The van der Waals surface area contributed by atoms with Gasteiger partial charge in [-0.15, -0.1) is 0 Å². The number of unbranched alkanes of at least 4 members (excludes halogenated alkanes) is 2. The molecule has 2 heteroatoms. The van der Waals surface area contributed by atoms with Crippen LogP contribution < -0.4 is 0 Å². The molecule has 0 aliphatic rings. The molecular formula is C5H11ClGe. The fourth-order valence-corrected chi connectivity index (χ4v) is 1.94. The van der Waals surface area contributed by atoms with Crippen molar-refractivity contribution in [1.82, 2.24) is 0 Å². The van der Waals surface area contributed by atoms with Gasteiger partial charge in [-0.1, -0.05) is 0 Å². The standard InChI is InChI=1S/C5H11ClGe/c1-2-3-4-5-7-6/h2-5H2,1H3. The Hall–Kier alpha value is 0.833. The van der Waals surface area contributed by atoms with Crippen LogP contribution in [0.4, 0.5) is 0 Å². The summed E-state index contributed by atoms with van der Waals surface area (Å²) >= 11 is -0.0374. The van der Waals surface area contributed by atoms with E-state index in [-0.39, 0.29) is 14.5 Å². The second-order valence-corrected chi connectivity index (χ2v) is 4.59. The first kappa shape index (κ1) is 7.83. The third kappa shape index (κ3) is 6.83. The molecule has 0 aromatic rings. The quantitative estimate of drug-likeness (QED) is 0.459. The first-order chi connectivity index (χ1) is 3.41. The van der Waals surface area contributed by atoms with E-state index in [0.717, 1.165) is 0 Å². The van der Waals surface area contributed by atoms with Gasteiger partial charge in [0, 0.05) is 0 Å². The summed E-state index contributed by atoms with van der Waals surface area (Å²) in [6, 6.07) is 0. The van der Waals surface area contributed by atoms with Gasteiger partial charge >= 0.3 is 56.0 Å². The van der Waals surface area contributed by atoms with E-state index in [0.29, 0.717) is 0 Å². The van der Waals surface area contributed by atoms with Gasteiger partial charge in [0.2, 0.25) is 0 Å². The van der Waals surface area contributed by atoms with Crippen molar-refractivity contribution in [3.63, 3.8) is 0 Å². The van der Waals surface area contributed by atoms with Crippen LogP contribution in [0, 0.1) is 0 Å². The van der Waals surface area contributed by atoms with Gasteiger partial charge in [-0.2, -0.15) is 0 Å². The van der Waals surface area contributed by atoms with Gasteiger partial charge in [0.05, 0.1) is 0 Å². The summed E-state index contributed by atoms with van der Waals surface area (Å²) in [5, 5.41) is 1.31. The zero-order chi connectivity index (χ0) is 5.54. The number of hydrogen-bond acceptors (Lipinski definition) is 0. The molecule has 0 atom stereocenters. The zero-order valence-corrected chi connectivity index (χ0v) is 7.56. The molecule has 2 radical (unpaired) electrons. The molecule has 0 saturated carbocycles. The first-order valence-corrected chi connectivity index (χ1v) is 6.99. The molecule has 0 N–H and O–H groups in total. The molecular weight excluding hydrogens is 168 g/mol. The van der Waals surface area contributed by atoms with Crippen LogP contribution in [0.1, 0.15) is 26.2 Å². The topological polar surface area (TPSA) is 0 Å². The van der Waals surface area contributed by atoms with E-state index in [9.17, 15) is 0 Å². The second-order valence-electron chi connectivity index (χ2n) is 1.59. The van der Waals surface area contributed by atoms with Gasteiger partial charge in [-0.25, -0.2) is 0 Å². The SMILES string of the molecule is CCCC[CH2][Ge][Cl]. The molecule has 0 aromatic carbocycles. The molecule has 0 aliphatic heterocycles. The monoisotopic (exact) mass is 180 g/mol. The van der Waals surface area contributed by atoms with Crippen molar-refractivity contribution in [2.75, 3.05) is 0 Å². The molecule has 0 nitrogen and oxygen atoms in total. The molecule has 0 unspecified atom stereocenters. The Morgan fingerprint density at radius 1 is 1.43 bits per heavy atom. The van der Waals surface area contributed by atoms with Crippen molar-refractivity contribution < 1.29 is 0 Å². The molecule has 0 rings (SSSR count). The second kappa shape index (κ2) is 6.83. The summed E-state index contributed by atoms with van der Waals surface area (Å²) in [6.45, 7) is 2.22. The van der Waals surface area contributed by atoms with E-state index >= 15 is 0 Å². The van der Waals surface area contributed by atoms with E-state index in [2.05, 4.69) is 6.92 Å². The van der Waals surface area contributed by atoms with Crippen LogP contribution in [0.15, 0.2) is 0 Å². The van der Waals surface area contributed by atoms with E-state index in [1.54, 1.807) is 0 Å². The van der Waals surface area contributed by atoms with Crippen LogP contribution in [-0.4, -0.2) is 14.5 Å². The Kier molecular flexibility index (Phi) is 7.65. The molecule has 0 amide bonds. The average molecular weight is 179 g/mol. The van der Waals surface area contributed by atoms with E-state index < -0.39 is 0 Å². The van der Waals surface area contributed by atoms with Crippen molar-refractivity contribution in [2.24, 2.45) is 0 Å². The first-order valence-electron chi connectivity index (χ1n) is 2.75. The summed E-state index contributed by atoms with van der Waals surface area (Å²) < 4.78 is 0. The molecule has 42 valence electrons. The van der Waals surface area contributed by atoms with Crippen LogP contribution in [0.3, 0.4) is 0 Å². The van der Waals surface area contributed by atoms with Gasteiger partial charge in [0.15, 0.2) is 0 Å². The fourth-order valence-electron chi connectivity index (χ4n) is 0.442. The summed E-state index contributed by atoms with van der Waals surface area (Å²) in [5.41, 5.74) is 0. The predicted molar refractivity (Wildman–Crippen MR) is 35.9 cm³/mol. The molecule has 7 heavy (non-hydrogen) atoms. The maximum absolute atomic E-state index is 5.56. The minimum absolute atomic E-state index is 0.0374. The Bertz CT molecular complexity index is 27.3. The zero-order valence-electron chi connectivity index (χ0n) is 4.71. The number of hydrogen-bond donors (Lipinski definition) is 0. The Balaban J connectivity index is 2.45. The summed E-state index contributed by atoms with van der Waals surface area (Å²) in [5.74, 6) is 0. The minimum atomic E-state index is -0.0374. The van der Waals surface area contributed by atoms with E-state index in [1.165, 1.54) is 24.5 Å². The number of rotatable bonds is 4. The van der Waals surface area contributed by atoms with Crippen LogP contribution in [0.5, 0.6) is 0 Å². The van der Waals surface area contributed by atoms with Gasteiger partial charge in [-0.3, -0.25) is 0 Å². The summed E-state index contributed by atoms with van der Waals surface area (Å²) in [4.78, 5) is 0. The van der Waals surface area contributed by atoms with Crippen molar-refractivity contribution in [3.05, 3.63) is 0 Å². The average Bonchev–Trinajstić information content (AvgIpc) is 1.69. The maximum atomic E-state index is 5.56. The molecule has 0 aliphatic carbocycles. The Morgan fingerprint density at radius 3 is 2.57 bits per heavy atom.